The molecule has 0 aliphatic rings. The Morgan fingerprint density at radius 1 is 1.15 bits per heavy atom. The predicted octanol–water partition coefficient (Wildman–Crippen LogP) is 3.01. The van der Waals surface area contributed by atoms with Gasteiger partial charge < -0.3 is 5.11 Å². The minimum atomic E-state index is -3.83. The molecule has 2 aromatic carbocycles. The maximum atomic E-state index is 12.7. The zero-order valence-electron chi connectivity index (χ0n) is 16.1. The van der Waals surface area contributed by atoms with Crippen LogP contribution in [0.1, 0.15) is 40.9 Å². The van der Waals surface area contributed by atoms with Crippen molar-refractivity contribution in [1.82, 2.24) is 9.62 Å². The molecule has 0 amide bonds. The molecule has 0 atom stereocenters. The van der Waals surface area contributed by atoms with Crippen LogP contribution in [-0.2, 0) is 23.1 Å². The molecule has 0 aliphatic carbocycles. The van der Waals surface area contributed by atoms with Crippen molar-refractivity contribution in [2.75, 3.05) is 7.05 Å². The maximum Gasteiger partial charge on any atom is 0.335 e. The highest BCUT2D eigenvalue weighted by Crippen LogP contribution is 2.19. The zero-order valence-corrected chi connectivity index (χ0v) is 16.9. The van der Waals surface area contributed by atoms with Gasteiger partial charge in [-0.25, -0.2) is 17.9 Å². The predicted molar refractivity (Wildman–Crippen MR) is 105 cm³/mol. The zero-order chi connectivity index (χ0) is 20.2. The monoisotopic (exact) mass is 390 g/mol. The van der Waals surface area contributed by atoms with Crippen molar-refractivity contribution in [3.05, 3.63) is 64.7 Å². The average Bonchev–Trinajstić information content (AvgIpc) is 2.60. The number of aromatic carboxylic acids is 1. The van der Waals surface area contributed by atoms with Crippen molar-refractivity contribution in [3.8, 4) is 0 Å². The lowest BCUT2D eigenvalue weighted by atomic mass is 10.1. The molecule has 7 heteroatoms. The van der Waals surface area contributed by atoms with Gasteiger partial charge >= 0.3 is 5.97 Å². The third kappa shape index (κ3) is 5.38. The largest absolute Gasteiger partial charge is 0.478 e. The van der Waals surface area contributed by atoms with E-state index >= 15 is 0 Å². The molecule has 0 heterocycles. The first-order chi connectivity index (χ1) is 12.6. The molecule has 0 bridgehead atoms. The third-order valence-corrected chi connectivity index (χ3v) is 6.14. The minimum absolute atomic E-state index is 0.0146. The van der Waals surface area contributed by atoms with Gasteiger partial charge in [0.25, 0.3) is 0 Å². The molecule has 0 saturated carbocycles. The summed E-state index contributed by atoms with van der Waals surface area (Å²) in [5.41, 5.74) is 2.38. The molecular weight excluding hydrogens is 364 g/mol. The fraction of sp³-hybridized carbons (Fsp3) is 0.350. The van der Waals surface area contributed by atoms with Gasteiger partial charge in [0, 0.05) is 19.1 Å². The number of aryl methyl sites for hydroxylation is 1. The van der Waals surface area contributed by atoms with Crippen LogP contribution >= 0.6 is 0 Å². The van der Waals surface area contributed by atoms with Crippen LogP contribution in [0.4, 0.5) is 0 Å². The lowest BCUT2D eigenvalue weighted by molar-refractivity contribution is 0.0696. The fourth-order valence-corrected chi connectivity index (χ4v) is 3.88. The van der Waals surface area contributed by atoms with Gasteiger partial charge in [-0.3, -0.25) is 4.90 Å². The number of nitrogens with zero attached hydrogens (tertiary/aromatic N) is 1. The van der Waals surface area contributed by atoms with Crippen LogP contribution < -0.4 is 4.72 Å². The first-order valence-corrected chi connectivity index (χ1v) is 10.2. The smallest absolute Gasteiger partial charge is 0.335 e. The molecule has 0 spiro atoms. The molecule has 0 unspecified atom stereocenters. The molecular formula is C20H26N2O4S. The number of carboxylic acid groups (broad SMARTS) is 1. The van der Waals surface area contributed by atoms with Gasteiger partial charge in [0.05, 0.1) is 10.5 Å². The Morgan fingerprint density at radius 3 is 2.37 bits per heavy atom. The second-order valence-electron chi connectivity index (χ2n) is 6.89. The number of sulfonamides is 1. The average molecular weight is 391 g/mol. The van der Waals surface area contributed by atoms with Gasteiger partial charge in [0.2, 0.25) is 10.0 Å². The molecule has 2 aromatic rings. The van der Waals surface area contributed by atoms with Gasteiger partial charge in [0.1, 0.15) is 0 Å². The number of carboxylic acids is 1. The number of nitrogens with one attached hydrogen (secondary N) is 1. The van der Waals surface area contributed by atoms with E-state index in [1.807, 2.05) is 31.3 Å². The Morgan fingerprint density at radius 2 is 1.78 bits per heavy atom. The highest BCUT2D eigenvalue weighted by molar-refractivity contribution is 7.89. The molecule has 0 fully saturated rings. The molecule has 0 radical (unpaired) electrons. The van der Waals surface area contributed by atoms with Crippen LogP contribution in [0.3, 0.4) is 0 Å². The Kier molecular flexibility index (Phi) is 6.75. The van der Waals surface area contributed by atoms with Gasteiger partial charge in [-0.15, -0.1) is 0 Å². The number of rotatable bonds is 8. The molecule has 0 aromatic heterocycles. The van der Waals surface area contributed by atoms with Gasteiger partial charge in [-0.05, 0) is 56.6 Å². The van der Waals surface area contributed by atoms with Gasteiger partial charge in [-0.1, -0.05) is 30.3 Å². The summed E-state index contributed by atoms with van der Waals surface area (Å²) in [6, 6.07) is 12.2. The summed E-state index contributed by atoms with van der Waals surface area (Å²) in [7, 11) is -1.81. The Labute approximate surface area is 160 Å². The fourth-order valence-electron chi connectivity index (χ4n) is 2.61. The summed E-state index contributed by atoms with van der Waals surface area (Å²) in [6.07, 6.45) is 0. The Balaban J connectivity index is 2.24. The standard InChI is InChI=1S/C20H26N2O4S/c1-14(2)22(4)13-18-8-6-5-7-17(18)12-21-27(25,26)19-11-16(20(23)24)10-9-15(19)3/h5-11,14,21H,12-13H2,1-4H3,(H,23,24). The van der Waals surface area contributed by atoms with E-state index in [9.17, 15) is 13.2 Å². The normalized spacial score (nSPS) is 11.9. The van der Waals surface area contributed by atoms with E-state index in [2.05, 4.69) is 23.5 Å². The Bertz CT molecular complexity index is 923. The minimum Gasteiger partial charge on any atom is -0.478 e. The number of hydrogen-bond donors (Lipinski definition) is 2. The second-order valence-corrected chi connectivity index (χ2v) is 8.62. The lowest BCUT2D eigenvalue weighted by Gasteiger charge is -2.22. The van der Waals surface area contributed by atoms with Crippen molar-refractivity contribution < 1.29 is 18.3 Å². The third-order valence-electron chi connectivity index (χ3n) is 4.60. The van der Waals surface area contributed by atoms with Gasteiger partial charge in [0.15, 0.2) is 0 Å². The highest BCUT2D eigenvalue weighted by atomic mass is 32.2. The number of benzene rings is 2. The van der Waals surface area contributed by atoms with E-state index in [1.165, 1.54) is 18.2 Å². The van der Waals surface area contributed by atoms with Crippen LogP contribution in [0.25, 0.3) is 0 Å². The van der Waals surface area contributed by atoms with E-state index < -0.39 is 16.0 Å². The van der Waals surface area contributed by atoms with E-state index in [-0.39, 0.29) is 17.0 Å². The summed E-state index contributed by atoms with van der Waals surface area (Å²) in [5.74, 6) is -1.16. The molecule has 2 N–H and O–H groups in total. The lowest BCUT2D eigenvalue weighted by Crippen LogP contribution is -2.28. The van der Waals surface area contributed by atoms with E-state index in [0.717, 1.165) is 11.1 Å². The van der Waals surface area contributed by atoms with Crippen LogP contribution in [0.2, 0.25) is 0 Å². The van der Waals surface area contributed by atoms with Crippen molar-refractivity contribution in [2.24, 2.45) is 0 Å². The molecule has 2 rings (SSSR count). The van der Waals surface area contributed by atoms with E-state index in [4.69, 9.17) is 5.11 Å². The molecule has 0 saturated heterocycles. The highest BCUT2D eigenvalue weighted by Gasteiger charge is 2.19. The van der Waals surface area contributed by atoms with Crippen molar-refractivity contribution in [1.29, 1.82) is 0 Å². The van der Waals surface area contributed by atoms with Gasteiger partial charge in [-0.2, -0.15) is 0 Å². The molecule has 27 heavy (non-hydrogen) atoms. The first kappa shape index (κ1) is 21.1. The molecule has 0 aliphatic heterocycles. The topological polar surface area (TPSA) is 86.7 Å². The summed E-state index contributed by atoms with van der Waals surface area (Å²) < 4.78 is 28.1. The van der Waals surface area contributed by atoms with Crippen LogP contribution in [0.15, 0.2) is 47.4 Å². The van der Waals surface area contributed by atoms with Crippen molar-refractivity contribution >= 4 is 16.0 Å². The maximum absolute atomic E-state index is 12.7. The van der Waals surface area contributed by atoms with Crippen LogP contribution in [-0.4, -0.2) is 37.5 Å². The number of carbonyl (C=O) groups is 1. The van der Waals surface area contributed by atoms with E-state index in [1.54, 1.807) is 6.92 Å². The van der Waals surface area contributed by atoms with E-state index in [0.29, 0.717) is 18.2 Å². The molecule has 146 valence electrons. The first-order valence-electron chi connectivity index (χ1n) is 8.72. The summed E-state index contributed by atoms with van der Waals surface area (Å²) in [4.78, 5) is 13.3. The summed E-state index contributed by atoms with van der Waals surface area (Å²) in [5, 5.41) is 9.12. The molecule has 6 nitrogen and oxygen atoms in total. The summed E-state index contributed by atoms with van der Waals surface area (Å²) >= 11 is 0. The van der Waals surface area contributed by atoms with Crippen LogP contribution in [0, 0.1) is 6.92 Å². The number of hydrogen-bond acceptors (Lipinski definition) is 4. The second kappa shape index (κ2) is 8.65. The quantitative estimate of drug-likeness (QED) is 0.724. The van der Waals surface area contributed by atoms with Crippen LogP contribution in [0.5, 0.6) is 0 Å². The summed E-state index contributed by atoms with van der Waals surface area (Å²) in [6.45, 7) is 6.70. The van der Waals surface area contributed by atoms with Crippen molar-refractivity contribution in [2.45, 2.75) is 44.8 Å². The van der Waals surface area contributed by atoms with Crippen molar-refractivity contribution in [3.63, 3.8) is 0 Å². The SMILES string of the molecule is Cc1ccc(C(=O)O)cc1S(=O)(=O)NCc1ccccc1CN(C)C(C)C. The Hall–Kier alpha value is -2.22.